The number of ether oxygens (including phenoxy) is 1. The Morgan fingerprint density at radius 2 is 1.65 bits per heavy atom. The third-order valence-electron chi connectivity index (χ3n) is 7.51. The van der Waals surface area contributed by atoms with E-state index in [2.05, 4.69) is 38.1 Å². The molecule has 1 fully saturated rings. The third kappa shape index (κ3) is 5.85. The van der Waals surface area contributed by atoms with Crippen molar-refractivity contribution in [3.63, 3.8) is 0 Å². The molecule has 0 saturated carbocycles. The van der Waals surface area contributed by atoms with Gasteiger partial charge in [0.15, 0.2) is 11.7 Å². The lowest BCUT2D eigenvalue weighted by Gasteiger charge is -2.28. The van der Waals surface area contributed by atoms with Gasteiger partial charge in [-0.15, -0.1) is 0 Å². The standard InChI is InChI=1S/C34H30FN5O2S/c1-22-20-29(23(2)39(22)26-15-11-24(35)12-16-26)33-32(30-10-6-7-19-36-30)38-34(43)40(33)27-17-13-25(14-18-27)37-31(41)21-42-28-8-4-3-5-9-28/h3-20,32-33H,21H2,1-2H3,(H,37,41)(H,38,43). The zero-order valence-electron chi connectivity index (χ0n) is 23.7. The molecule has 6 rings (SSSR count). The Labute approximate surface area is 255 Å². The molecule has 1 amide bonds. The van der Waals surface area contributed by atoms with Crippen LogP contribution in [0.2, 0.25) is 0 Å². The summed E-state index contributed by atoms with van der Waals surface area (Å²) in [7, 11) is 0. The zero-order chi connectivity index (χ0) is 29.9. The van der Waals surface area contributed by atoms with Crippen LogP contribution in [0.3, 0.4) is 0 Å². The van der Waals surface area contributed by atoms with Gasteiger partial charge in [-0.05, 0) is 110 Å². The number of amides is 1. The highest BCUT2D eigenvalue weighted by atomic mass is 32.1. The minimum absolute atomic E-state index is 0.0939. The smallest absolute Gasteiger partial charge is 0.262 e. The van der Waals surface area contributed by atoms with Crippen LogP contribution in [0.4, 0.5) is 15.8 Å². The molecule has 1 aliphatic heterocycles. The van der Waals surface area contributed by atoms with E-state index in [9.17, 15) is 9.18 Å². The molecule has 7 nitrogen and oxygen atoms in total. The molecule has 2 atom stereocenters. The number of carbonyl (C=O) groups is 1. The summed E-state index contributed by atoms with van der Waals surface area (Å²) in [5.74, 6) is 0.105. The minimum atomic E-state index is -0.276. The maximum Gasteiger partial charge on any atom is 0.262 e. The highest BCUT2D eigenvalue weighted by Crippen LogP contribution is 2.44. The number of halogens is 1. The first-order chi connectivity index (χ1) is 20.9. The maximum absolute atomic E-state index is 13.7. The second kappa shape index (κ2) is 12.1. The Kier molecular flexibility index (Phi) is 7.89. The molecule has 43 heavy (non-hydrogen) atoms. The van der Waals surface area contributed by atoms with E-state index in [0.717, 1.165) is 34.0 Å². The van der Waals surface area contributed by atoms with Gasteiger partial charge in [0.25, 0.3) is 5.91 Å². The second-order valence-electron chi connectivity index (χ2n) is 10.3. The third-order valence-corrected chi connectivity index (χ3v) is 7.83. The Bertz CT molecular complexity index is 1740. The average Bonchev–Trinajstić information content (AvgIpc) is 3.52. The minimum Gasteiger partial charge on any atom is -0.484 e. The van der Waals surface area contributed by atoms with E-state index >= 15 is 0 Å². The molecule has 3 heterocycles. The van der Waals surface area contributed by atoms with Gasteiger partial charge in [0.1, 0.15) is 11.6 Å². The van der Waals surface area contributed by atoms with E-state index < -0.39 is 0 Å². The first kappa shape index (κ1) is 28.1. The number of anilines is 2. The van der Waals surface area contributed by atoms with E-state index in [1.165, 1.54) is 12.1 Å². The van der Waals surface area contributed by atoms with Gasteiger partial charge in [-0.25, -0.2) is 4.39 Å². The molecule has 2 aromatic heterocycles. The van der Waals surface area contributed by atoms with E-state index in [1.54, 1.807) is 30.5 Å². The molecule has 1 saturated heterocycles. The van der Waals surface area contributed by atoms with Crippen molar-refractivity contribution in [3.05, 3.63) is 138 Å². The molecular formula is C34H30FN5O2S. The summed E-state index contributed by atoms with van der Waals surface area (Å²) in [4.78, 5) is 19.3. The van der Waals surface area contributed by atoms with Crippen LogP contribution in [0.15, 0.2) is 109 Å². The predicted octanol–water partition coefficient (Wildman–Crippen LogP) is 6.82. The number of rotatable bonds is 8. The van der Waals surface area contributed by atoms with Gasteiger partial charge in [0.2, 0.25) is 0 Å². The molecule has 3 aromatic carbocycles. The SMILES string of the molecule is Cc1cc(C2C(c3ccccn3)NC(=S)N2c2ccc(NC(=O)COc3ccccc3)cc2)c(C)n1-c1ccc(F)cc1. The first-order valence-electron chi connectivity index (χ1n) is 13.9. The van der Waals surface area contributed by atoms with Gasteiger partial charge in [-0.3, -0.25) is 9.78 Å². The monoisotopic (exact) mass is 591 g/mol. The zero-order valence-corrected chi connectivity index (χ0v) is 24.5. The number of aromatic nitrogens is 2. The van der Waals surface area contributed by atoms with Crippen LogP contribution in [0.5, 0.6) is 5.75 Å². The molecule has 2 N–H and O–H groups in total. The lowest BCUT2D eigenvalue weighted by molar-refractivity contribution is -0.118. The normalized spacial score (nSPS) is 16.2. The molecule has 5 aromatic rings. The molecular weight excluding hydrogens is 561 g/mol. The molecule has 0 spiro atoms. The van der Waals surface area contributed by atoms with Crippen molar-refractivity contribution in [1.29, 1.82) is 0 Å². The average molecular weight is 592 g/mol. The molecule has 216 valence electrons. The highest BCUT2D eigenvalue weighted by molar-refractivity contribution is 7.80. The van der Waals surface area contributed by atoms with Crippen molar-refractivity contribution in [3.8, 4) is 11.4 Å². The summed E-state index contributed by atoms with van der Waals surface area (Å²) >= 11 is 5.90. The van der Waals surface area contributed by atoms with Crippen LogP contribution >= 0.6 is 12.2 Å². The topological polar surface area (TPSA) is 71.4 Å². The second-order valence-corrected chi connectivity index (χ2v) is 10.7. The molecule has 0 bridgehead atoms. The number of carbonyl (C=O) groups excluding carboxylic acids is 1. The number of nitrogens with one attached hydrogen (secondary N) is 2. The van der Waals surface area contributed by atoms with E-state index in [1.807, 2.05) is 67.6 Å². The summed E-state index contributed by atoms with van der Waals surface area (Å²) in [6, 6.07) is 30.9. The summed E-state index contributed by atoms with van der Waals surface area (Å²) in [6.07, 6.45) is 1.78. The summed E-state index contributed by atoms with van der Waals surface area (Å²) in [5, 5.41) is 6.96. The highest BCUT2D eigenvalue weighted by Gasteiger charge is 2.42. The van der Waals surface area contributed by atoms with Gasteiger partial charge < -0.3 is 24.8 Å². The van der Waals surface area contributed by atoms with Gasteiger partial charge in [-0.2, -0.15) is 0 Å². The number of aryl methyl sites for hydroxylation is 1. The lowest BCUT2D eigenvalue weighted by Crippen LogP contribution is -2.29. The molecule has 9 heteroatoms. The van der Waals surface area contributed by atoms with Crippen molar-refractivity contribution in [1.82, 2.24) is 14.9 Å². The van der Waals surface area contributed by atoms with Crippen molar-refractivity contribution in [2.45, 2.75) is 25.9 Å². The number of thiocarbonyl (C=S) groups is 1. The number of benzene rings is 3. The number of nitrogens with zero attached hydrogens (tertiary/aromatic N) is 3. The lowest BCUT2D eigenvalue weighted by atomic mass is 9.96. The molecule has 2 unspecified atom stereocenters. The van der Waals surface area contributed by atoms with E-state index in [-0.39, 0.29) is 30.4 Å². The first-order valence-corrected chi connectivity index (χ1v) is 14.3. The summed E-state index contributed by atoms with van der Waals surface area (Å²) < 4.78 is 21.4. The molecule has 1 aliphatic rings. The maximum atomic E-state index is 13.7. The fourth-order valence-corrected chi connectivity index (χ4v) is 5.94. The predicted molar refractivity (Wildman–Crippen MR) is 170 cm³/mol. The number of hydrogen-bond donors (Lipinski definition) is 2. The largest absolute Gasteiger partial charge is 0.484 e. The van der Waals surface area contributed by atoms with Crippen molar-refractivity contribution < 1.29 is 13.9 Å². The summed E-state index contributed by atoms with van der Waals surface area (Å²) in [5.41, 5.74) is 6.38. The Hall–Kier alpha value is -5.02. The van der Waals surface area contributed by atoms with Crippen LogP contribution in [0.25, 0.3) is 5.69 Å². The fourth-order valence-electron chi connectivity index (χ4n) is 5.59. The van der Waals surface area contributed by atoms with Gasteiger partial charge >= 0.3 is 0 Å². The van der Waals surface area contributed by atoms with Crippen molar-refractivity contribution in [2.24, 2.45) is 0 Å². The van der Waals surface area contributed by atoms with Crippen molar-refractivity contribution in [2.75, 3.05) is 16.8 Å². The Morgan fingerprint density at radius 3 is 2.35 bits per heavy atom. The quantitative estimate of drug-likeness (QED) is 0.193. The molecule has 0 aliphatic carbocycles. The Balaban J connectivity index is 1.30. The fraction of sp³-hybridized carbons (Fsp3) is 0.147. The van der Waals surface area contributed by atoms with Crippen molar-refractivity contribution >= 4 is 34.6 Å². The summed E-state index contributed by atoms with van der Waals surface area (Å²) in [6.45, 7) is 4.01. The number of hydrogen-bond acceptors (Lipinski definition) is 4. The van der Waals surface area contributed by atoms with Crippen LogP contribution in [0, 0.1) is 19.7 Å². The Morgan fingerprint density at radius 1 is 0.953 bits per heavy atom. The van der Waals surface area contributed by atoms with Crippen LogP contribution in [-0.4, -0.2) is 27.2 Å². The molecule has 0 radical (unpaired) electrons. The van der Waals surface area contributed by atoms with Gasteiger partial charge in [-0.1, -0.05) is 24.3 Å². The van der Waals surface area contributed by atoms with Gasteiger partial charge in [0.05, 0.1) is 17.8 Å². The van der Waals surface area contributed by atoms with Gasteiger partial charge in [0, 0.05) is 34.6 Å². The number of pyridine rings is 1. The van der Waals surface area contributed by atoms with Crippen LogP contribution < -0.4 is 20.3 Å². The van der Waals surface area contributed by atoms with Crippen LogP contribution in [0.1, 0.15) is 34.7 Å². The number of para-hydroxylation sites is 1. The van der Waals surface area contributed by atoms with Crippen LogP contribution in [-0.2, 0) is 4.79 Å². The van der Waals surface area contributed by atoms with E-state index in [4.69, 9.17) is 17.0 Å². The van der Waals surface area contributed by atoms with E-state index in [0.29, 0.717) is 16.5 Å².